The zero-order chi connectivity index (χ0) is 13.1. The van der Waals surface area contributed by atoms with Gasteiger partial charge < -0.3 is 10.6 Å². The first-order valence-corrected chi connectivity index (χ1v) is 6.31. The summed E-state index contributed by atoms with van der Waals surface area (Å²) in [4.78, 5) is 11.9. The molecule has 1 aliphatic rings. The highest BCUT2D eigenvalue weighted by molar-refractivity contribution is 5.79. The Balaban J connectivity index is 1.91. The number of aryl methyl sites for hydroxylation is 1. The molecule has 1 saturated heterocycles. The Morgan fingerprint density at radius 3 is 2.89 bits per heavy atom. The Morgan fingerprint density at radius 2 is 2.28 bits per heavy atom. The Morgan fingerprint density at radius 1 is 1.50 bits per heavy atom. The largest absolute Gasteiger partial charge is 0.352 e. The Labute approximate surface area is 107 Å². The maximum atomic E-state index is 13.3. The van der Waals surface area contributed by atoms with Gasteiger partial charge in [0.1, 0.15) is 5.82 Å². The second-order valence-corrected chi connectivity index (χ2v) is 5.04. The molecular weight excluding hydrogens is 231 g/mol. The topological polar surface area (TPSA) is 41.1 Å². The molecular formula is C14H19FN2O. The smallest absolute Gasteiger partial charge is 0.224 e. The highest BCUT2D eigenvalue weighted by atomic mass is 19.1. The lowest BCUT2D eigenvalue weighted by atomic mass is 9.97. The van der Waals surface area contributed by atoms with Gasteiger partial charge in [-0.2, -0.15) is 0 Å². The maximum absolute atomic E-state index is 13.3. The number of hydrogen-bond acceptors (Lipinski definition) is 2. The van der Waals surface area contributed by atoms with Crippen molar-refractivity contribution in [2.75, 3.05) is 13.1 Å². The van der Waals surface area contributed by atoms with Gasteiger partial charge in [0.25, 0.3) is 0 Å². The summed E-state index contributed by atoms with van der Waals surface area (Å²) < 4.78 is 13.3. The van der Waals surface area contributed by atoms with E-state index >= 15 is 0 Å². The van der Waals surface area contributed by atoms with Crippen molar-refractivity contribution in [2.24, 2.45) is 11.8 Å². The number of amides is 1. The van der Waals surface area contributed by atoms with Crippen LogP contribution in [0.25, 0.3) is 0 Å². The number of hydrogen-bond donors (Lipinski definition) is 2. The van der Waals surface area contributed by atoms with E-state index in [2.05, 4.69) is 17.6 Å². The van der Waals surface area contributed by atoms with Crippen LogP contribution >= 0.6 is 0 Å². The highest BCUT2D eigenvalue weighted by Crippen LogP contribution is 2.16. The molecule has 1 heterocycles. The predicted molar refractivity (Wildman–Crippen MR) is 68.5 cm³/mol. The number of rotatable bonds is 3. The fourth-order valence-electron chi connectivity index (χ4n) is 2.23. The molecule has 1 amide bonds. The number of benzene rings is 1. The van der Waals surface area contributed by atoms with Crippen molar-refractivity contribution >= 4 is 5.91 Å². The van der Waals surface area contributed by atoms with Gasteiger partial charge in [0, 0.05) is 13.1 Å². The van der Waals surface area contributed by atoms with Crippen LogP contribution in [0.4, 0.5) is 4.39 Å². The third kappa shape index (κ3) is 2.88. The van der Waals surface area contributed by atoms with E-state index in [4.69, 9.17) is 0 Å². The van der Waals surface area contributed by atoms with Crippen LogP contribution in [0, 0.1) is 24.6 Å². The van der Waals surface area contributed by atoms with Gasteiger partial charge >= 0.3 is 0 Å². The first kappa shape index (κ1) is 13.0. The Kier molecular flexibility index (Phi) is 3.97. The average Bonchev–Trinajstić information content (AvgIpc) is 2.77. The molecule has 2 N–H and O–H groups in total. The van der Waals surface area contributed by atoms with Crippen molar-refractivity contribution in [3.8, 4) is 0 Å². The molecule has 1 aromatic carbocycles. The summed E-state index contributed by atoms with van der Waals surface area (Å²) in [6.07, 6.45) is 0. The third-order valence-corrected chi connectivity index (χ3v) is 3.56. The normalized spacial score (nSPS) is 23.1. The van der Waals surface area contributed by atoms with Crippen LogP contribution in [0.2, 0.25) is 0 Å². The van der Waals surface area contributed by atoms with Crippen LogP contribution in [-0.2, 0) is 11.3 Å². The molecule has 0 unspecified atom stereocenters. The first-order chi connectivity index (χ1) is 8.58. The molecule has 0 spiro atoms. The Bertz CT molecular complexity index is 447. The van der Waals surface area contributed by atoms with E-state index in [1.165, 1.54) is 6.07 Å². The summed E-state index contributed by atoms with van der Waals surface area (Å²) in [7, 11) is 0. The molecule has 0 radical (unpaired) electrons. The summed E-state index contributed by atoms with van der Waals surface area (Å²) in [6.45, 7) is 5.80. The van der Waals surface area contributed by atoms with Gasteiger partial charge in [-0.15, -0.1) is 0 Å². The third-order valence-electron chi connectivity index (χ3n) is 3.56. The Hall–Kier alpha value is -1.42. The molecule has 1 fully saturated rings. The standard InChI is InChI=1S/C14H19FN2O/c1-9-3-4-11(5-13(9)15)7-17-14(18)12-8-16-6-10(12)2/h3-5,10,12,16H,6-8H2,1-2H3,(H,17,18)/t10-,12-/m1/s1. The van der Waals surface area contributed by atoms with Gasteiger partial charge in [0.05, 0.1) is 5.92 Å². The molecule has 1 aliphatic heterocycles. The molecule has 18 heavy (non-hydrogen) atoms. The number of carbonyl (C=O) groups excluding carboxylic acids is 1. The molecule has 0 bridgehead atoms. The van der Waals surface area contributed by atoms with E-state index in [1.54, 1.807) is 13.0 Å². The van der Waals surface area contributed by atoms with Crippen molar-refractivity contribution < 1.29 is 9.18 Å². The van der Waals surface area contributed by atoms with Crippen LogP contribution in [0.5, 0.6) is 0 Å². The lowest BCUT2D eigenvalue weighted by Gasteiger charge is -2.14. The van der Waals surface area contributed by atoms with Crippen LogP contribution in [0.1, 0.15) is 18.1 Å². The lowest BCUT2D eigenvalue weighted by Crippen LogP contribution is -2.33. The molecule has 0 aliphatic carbocycles. The molecule has 0 saturated carbocycles. The van der Waals surface area contributed by atoms with Crippen LogP contribution in [0.3, 0.4) is 0 Å². The predicted octanol–water partition coefficient (Wildman–Crippen LogP) is 1.61. The maximum Gasteiger partial charge on any atom is 0.224 e. The van der Waals surface area contributed by atoms with Gasteiger partial charge in [0.2, 0.25) is 5.91 Å². The van der Waals surface area contributed by atoms with Crippen molar-refractivity contribution in [3.05, 3.63) is 35.1 Å². The van der Waals surface area contributed by atoms with E-state index in [0.29, 0.717) is 18.0 Å². The van der Waals surface area contributed by atoms with E-state index in [1.807, 2.05) is 6.07 Å². The van der Waals surface area contributed by atoms with E-state index in [9.17, 15) is 9.18 Å². The second-order valence-electron chi connectivity index (χ2n) is 5.04. The van der Waals surface area contributed by atoms with E-state index in [0.717, 1.165) is 18.7 Å². The zero-order valence-electron chi connectivity index (χ0n) is 10.8. The molecule has 98 valence electrons. The van der Waals surface area contributed by atoms with Crippen LogP contribution < -0.4 is 10.6 Å². The van der Waals surface area contributed by atoms with Crippen molar-refractivity contribution in [3.63, 3.8) is 0 Å². The highest BCUT2D eigenvalue weighted by Gasteiger charge is 2.29. The average molecular weight is 250 g/mol. The summed E-state index contributed by atoms with van der Waals surface area (Å²) in [6, 6.07) is 5.05. The van der Waals surface area contributed by atoms with Crippen molar-refractivity contribution in [1.29, 1.82) is 0 Å². The monoisotopic (exact) mass is 250 g/mol. The van der Waals surface area contributed by atoms with Crippen LogP contribution in [0.15, 0.2) is 18.2 Å². The quantitative estimate of drug-likeness (QED) is 0.855. The van der Waals surface area contributed by atoms with Gasteiger partial charge in [-0.1, -0.05) is 19.1 Å². The molecule has 3 nitrogen and oxygen atoms in total. The van der Waals surface area contributed by atoms with Crippen molar-refractivity contribution in [2.45, 2.75) is 20.4 Å². The minimum Gasteiger partial charge on any atom is -0.352 e. The molecule has 2 atom stereocenters. The minimum atomic E-state index is -0.224. The molecule has 0 aromatic heterocycles. The van der Waals surface area contributed by atoms with E-state index < -0.39 is 0 Å². The van der Waals surface area contributed by atoms with E-state index in [-0.39, 0.29) is 17.6 Å². The first-order valence-electron chi connectivity index (χ1n) is 6.31. The molecule has 1 aromatic rings. The second kappa shape index (κ2) is 5.48. The number of nitrogens with one attached hydrogen (secondary N) is 2. The SMILES string of the molecule is Cc1ccc(CNC(=O)[C@@H]2CNC[C@H]2C)cc1F. The number of halogens is 1. The zero-order valence-corrected chi connectivity index (χ0v) is 10.8. The van der Waals surface area contributed by atoms with Gasteiger partial charge in [-0.05, 0) is 36.6 Å². The summed E-state index contributed by atoms with van der Waals surface area (Å²) in [5.74, 6) is 0.214. The molecule has 4 heteroatoms. The fraction of sp³-hybridized carbons (Fsp3) is 0.500. The van der Waals surface area contributed by atoms with Gasteiger partial charge in [-0.25, -0.2) is 4.39 Å². The van der Waals surface area contributed by atoms with Gasteiger partial charge in [-0.3, -0.25) is 4.79 Å². The van der Waals surface area contributed by atoms with Gasteiger partial charge in [0.15, 0.2) is 0 Å². The summed E-state index contributed by atoms with van der Waals surface area (Å²) in [5.41, 5.74) is 1.42. The number of carbonyl (C=O) groups is 1. The molecule has 2 rings (SSSR count). The summed E-state index contributed by atoms with van der Waals surface area (Å²) >= 11 is 0. The fourth-order valence-corrected chi connectivity index (χ4v) is 2.23. The van der Waals surface area contributed by atoms with Crippen LogP contribution in [-0.4, -0.2) is 19.0 Å². The van der Waals surface area contributed by atoms with Crippen molar-refractivity contribution in [1.82, 2.24) is 10.6 Å². The minimum absolute atomic E-state index is 0.0281. The summed E-state index contributed by atoms with van der Waals surface area (Å²) in [5, 5.41) is 6.07. The lowest BCUT2D eigenvalue weighted by molar-refractivity contribution is -0.125.